The van der Waals surface area contributed by atoms with Crippen LogP contribution in [0.25, 0.3) is 0 Å². The largest absolute Gasteiger partial charge is 0.457 e. The molecule has 0 aromatic heterocycles. The fourth-order valence-corrected chi connectivity index (χ4v) is 2.86. The molecule has 3 nitrogen and oxygen atoms in total. The first-order valence-corrected chi connectivity index (χ1v) is 9.44. The summed E-state index contributed by atoms with van der Waals surface area (Å²) in [7, 11) is 2.07. The van der Waals surface area contributed by atoms with Crippen LogP contribution in [0, 0.1) is 6.92 Å². The Hall–Kier alpha value is -2.77. The van der Waals surface area contributed by atoms with Crippen LogP contribution in [0.15, 0.2) is 77.4 Å². The molecule has 0 radical (unpaired) electrons. The van der Waals surface area contributed by atoms with Crippen LogP contribution in [0.4, 0.5) is 0 Å². The second-order valence-corrected chi connectivity index (χ2v) is 6.74. The quantitative estimate of drug-likeness (QED) is 0.451. The minimum atomic E-state index is 0.161. The van der Waals surface area contributed by atoms with E-state index in [0.717, 1.165) is 48.6 Å². The van der Waals surface area contributed by atoms with Gasteiger partial charge in [0.25, 0.3) is 0 Å². The zero-order chi connectivity index (χ0) is 19.6. The predicted octanol–water partition coefficient (Wildman–Crippen LogP) is 5.50. The minimum absolute atomic E-state index is 0.161. The molecule has 0 saturated carbocycles. The highest BCUT2D eigenvalue weighted by Gasteiger charge is 2.08. The zero-order valence-electron chi connectivity index (χ0n) is 16.8. The van der Waals surface area contributed by atoms with Crippen molar-refractivity contribution in [2.45, 2.75) is 40.0 Å². The van der Waals surface area contributed by atoms with Gasteiger partial charge in [-0.2, -0.15) is 0 Å². The van der Waals surface area contributed by atoms with Crippen molar-refractivity contribution in [2.75, 3.05) is 13.6 Å². The Labute approximate surface area is 163 Å². The summed E-state index contributed by atoms with van der Waals surface area (Å²) in [4.78, 5) is 13.7. The van der Waals surface area contributed by atoms with Gasteiger partial charge in [-0.25, -0.2) is 0 Å². The van der Waals surface area contributed by atoms with Gasteiger partial charge in [-0.1, -0.05) is 29.8 Å². The fourth-order valence-electron chi connectivity index (χ4n) is 2.86. The van der Waals surface area contributed by atoms with Crippen LogP contribution in [0.2, 0.25) is 0 Å². The predicted molar refractivity (Wildman–Crippen MR) is 112 cm³/mol. The van der Waals surface area contributed by atoms with E-state index in [0.29, 0.717) is 0 Å². The third-order valence-corrected chi connectivity index (χ3v) is 4.52. The van der Waals surface area contributed by atoms with Crippen molar-refractivity contribution < 1.29 is 9.53 Å². The van der Waals surface area contributed by atoms with Crippen molar-refractivity contribution in [3.05, 3.63) is 83.0 Å². The van der Waals surface area contributed by atoms with Gasteiger partial charge in [-0.05, 0) is 63.8 Å². The van der Waals surface area contributed by atoms with Crippen LogP contribution in [0.1, 0.15) is 38.7 Å². The molecular weight excluding hydrogens is 334 g/mol. The third-order valence-electron chi connectivity index (χ3n) is 4.52. The summed E-state index contributed by atoms with van der Waals surface area (Å²) in [6, 6.07) is 8.02. The molecule has 0 heterocycles. The molecule has 0 saturated heterocycles. The van der Waals surface area contributed by atoms with Gasteiger partial charge in [-0.3, -0.25) is 4.79 Å². The molecular formula is C24H29NO2. The molecule has 0 amide bonds. The fraction of sp³-hybridized carbons (Fsp3) is 0.333. The van der Waals surface area contributed by atoms with Gasteiger partial charge in [0.2, 0.25) is 0 Å². The number of benzene rings is 1. The Morgan fingerprint density at radius 1 is 1.30 bits per heavy atom. The maximum atomic E-state index is 11.5. The first-order valence-electron chi connectivity index (χ1n) is 9.44. The highest BCUT2D eigenvalue weighted by molar-refractivity contribution is 5.93. The first kappa shape index (κ1) is 20.5. The monoisotopic (exact) mass is 363 g/mol. The van der Waals surface area contributed by atoms with E-state index in [1.54, 1.807) is 6.92 Å². The summed E-state index contributed by atoms with van der Waals surface area (Å²) < 4.78 is 6.02. The van der Waals surface area contributed by atoms with Crippen molar-refractivity contribution in [2.24, 2.45) is 0 Å². The average molecular weight is 364 g/mol. The van der Waals surface area contributed by atoms with Crippen molar-refractivity contribution >= 4 is 5.78 Å². The second-order valence-electron chi connectivity index (χ2n) is 6.74. The summed E-state index contributed by atoms with van der Waals surface area (Å²) in [6.45, 7) is 6.49. The molecule has 0 N–H and O–H groups in total. The van der Waals surface area contributed by atoms with Crippen molar-refractivity contribution in [1.82, 2.24) is 4.90 Å². The average Bonchev–Trinajstić information content (AvgIpc) is 2.62. The number of ketones is 1. The van der Waals surface area contributed by atoms with E-state index in [1.165, 1.54) is 5.56 Å². The molecule has 1 aliphatic carbocycles. The summed E-state index contributed by atoms with van der Waals surface area (Å²) in [5, 5.41) is 0. The molecule has 0 unspecified atom stereocenters. The zero-order valence-corrected chi connectivity index (χ0v) is 16.8. The number of carbonyl (C=O) groups excluding carboxylic acids is 1. The van der Waals surface area contributed by atoms with Crippen LogP contribution >= 0.6 is 0 Å². The summed E-state index contributed by atoms with van der Waals surface area (Å²) in [5.74, 6) is 1.73. The maximum absolute atomic E-state index is 11.5. The Kier molecular flexibility index (Phi) is 7.91. The lowest BCUT2D eigenvalue weighted by Gasteiger charge is -2.22. The van der Waals surface area contributed by atoms with E-state index < -0.39 is 0 Å². The number of carbonyl (C=O) groups is 1. The van der Waals surface area contributed by atoms with Gasteiger partial charge in [-0.15, -0.1) is 5.73 Å². The van der Waals surface area contributed by atoms with Gasteiger partial charge in [0.1, 0.15) is 11.5 Å². The van der Waals surface area contributed by atoms with Crippen molar-refractivity contribution in [3.8, 4) is 5.75 Å². The van der Waals surface area contributed by atoms with Crippen LogP contribution in [-0.4, -0.2) is 24.3 Å². The van der Waals surface area contributed by atoms with Crippen molar-refractivity contribution in [3.63, 3.8) is 0 Å². The molecule has 1 aliphatic rings. The number of allylic oxidation sites excluding steroid dienone is 5. The molecule has 3 heteroatoms. The molecule has 1 aromatic carbocycles. The number of rotatable bonds is 8. The molecule has 2 rings (SSSR count). The molecule has 142 valence electrons. The summed E-state index contributed by atoms with van der Waals surface area (Å²) >= 11 is 0. The number of ether oxygens (including phenoxy) is 1. The van der Waals surface area contributed by atoms with E-state index >= 15 is 0 Å². The third kappa shape index (κ3) is 6.80. The van der Waals surface area contributed by atoms with Gasteiger partial charge >= 0.3 is 0 Å². The molecule has 0 spiro atoms. The molecule has 0 atom stereocenters. The lowest BCUT2D eigenvalue weighted by atomic mass is 10.1. The van der Waals surface area contributed by atoms with E-state index in [2.05, 4.69) is 30.7 Å². The van der Waals surface area contributed by atoms with Crippen LogP contribution < -0.4 is 4.74 Å². The number of aryl methyl sites for hydroxylation is 1. The lowest BCUT2D eigenvalue weighted by molar-refractivity contribution is -0.113. The highest BCUT2D eigenvalue weighted by Crippen LogP contribution is 2.19. The van der Waals surface area contributed by atoms with Gasteiger partial charge < -0.3 is 9.64 Å². The van der Waals surface area contributed by atoms with Crippen LogP contribution in [0.3, 0.4) is 0 Å². The van der Waals surface area contributed by atoms with Gasteiger partial charge in [0.05, 0.1) is 0 Å². The number of hydrogen-bond acceptors (Lipinski definition) is 3. The molecule has 0 fully saturated rings. The number of nitrogens with zero attached hydrogens (tertiary/aromatic N) is 1. The maximum Gasteiger partial charge on any atom is 0.155 e. The number of Topliss-reactive ketones (excluding diaryl/α,β-unsaturated/α-hetero) is 1. The smallest absolute Gasteiger partial charge is 0.155 e. The molecule has 1 aromatic rings. The first-order chi connectivity index (χ1) is 13.0. The number of likely N-dealkylation sites (N-methyl/N-ethyl adjacent to an activating group) is 1. The topological polar surface area (TPSA) is 29.5 Å². The van der Waals surface area contributed by atoms with E-state index in [4.69, 9.17) is 4.74 Å². The molecule has 0 aliphatic heterocycles. The van der Waals surface area contributed by atoms with Gasteiger partial charge in [0.15, 0.2) is 5.78 Å². The Morgan fingerprint density at radius 3 is 2.70 bits per heavy atom. The normalized spacial score (nSPS) is 14.1. The second kappa shape index (κ2) is 10.4. The molecule has 27 heavy (non-hydrogen) atoms. The SMILES string of the molecule is CC=C(CCCN(C)C1=CCC=C=CC(Oc2ccc(C)cc2)=C1)C(C)=O. The van der Waals surface area contributed by atoms with E-state index in [-0.39, 0.29) is 5.78 Å². The Balaban J connectivity index is 2.04. The summed E-state index contributed by atoms with van der Waals surface area (Å²) in [6.07, 6.45) is 12.6. The number of hydrogen-bond donors (Lipinski definition) is 0. The standard InChI is InChI=1S/C24H29NO2/c1-5-21(20(3)26)10-9-17-25(4)22-11-7-6-8-12-24(18-22)27-23-15-13-19(2)14-16-23/h5-6,11-16,18H,7,9-10,17H2,1-4H3. The van der Waals surface area contributed by atoms with E-state index in [9.17, 15) is 4.79 Å². The summed E-state index contributed by atoms with van der Waals surface area (Å²) in [5.41, 5.74) is 6.37. The lowest BCUT2D eigenvalue weighted by Crippen LogP contribution is -2.19. The molecule has 0 bridgehead atoms. The van der Waals surface area contributed by atoms with Crippen LogP contribution in [0.5, 0.6) is 5.75 Å². The minimum Gasteiger partial charge on any atom is -0.457 e. The van der Waals surface area contributed by atoms with Crippen molar-refractivity contribution in [1.29, 1.82) is 0 Å². The van der Waals surface area contributed by atoms with Gasteiger partial charge in [0, 0.05) is 31.4 Å². The Morgan fingerprint density at radius 2 is 2.04 bits per heavy atom. The Bertz CT molecular complexity index is 803. The van der Waals surface area contributed by atoms with E-state index in [1.807, 2.05) is 55.5 Å². The van der Waals surface area contributed by atoms with Crippen LogP contribution in [-0.2, 0) is 4.79 Å². The highest BCUT2D eigenvalue weighted by atomic mass is 16.5.